The fraction of sp³-hybridized carbons (Fsp3) is 0.333. The van der Waals surface area contributed by atoms with Gasteiger partial charge in [0.1, 0.15) is 0 Å². The highest BCUT2D eigenvalue weighted by molar-refractivity contribution is 7.15. The van der Waals surface area contributed by atoms with Gasteiger partial charge in [0.25, 0.3) is 0 Å². The zero-order chi connectivity index (χ0) is 15.1. The second-order valence-corrected chi connectivity index (χ2v) is 7.15. The highest BCUT2D eigenvalue weighted by Gasteiger charge is 2.25. The van der Waals surface area contributed by atoms with Crippen molar-refractivity contribution in [3.05, 3.63) is 39.5 Å². The minimum Gasteiger partial charge on any atom is -0.476 e. The van der Waals surface area contributed by atoms with Crippen LogP contribution in [0.3, 0.4) is 0 Å². The van der Waals surface area contributed by atoms with Gasteiger partial charge in [0, 0.05) is 10.4 Å². The van der Waals surface area contributed by atoms with E-state index in [1.54, 1.807) is 6.07 Å². The summed E-state index contributed by atoms with van der Waals surface area (Å²) in [5.41, 5.74) is 1.77. The van der Waals surface area contributed by atoms with E-state index in [4.69, 9.17) is 11.6 Å². The molecule has 0 amide bonds. The van der Waals surface area contributed by atoms with Crippen LogP contribution in [0.4, 0.5) is 0 Å². The predicted molar refractivity (Wildman–Crippen MR) is 83.0 cm³/mol. The summed E-state index contributed by atoms with van der Waals surface area (Å²) in [5.74, 6) is -0.999. The maximum absolute atomic E-state index is 11.4. The molecule has 0 spiro atoms. The molecule has 0 bridgehead atoms. The first kappa shape index (κ1) is 15.0. The second kappa shape index (κ2) is 5.19. The van der Waals surface area contributed by atoms with E-state index in [2.05, 4.69) is 4.98 Å². The first-order valence-corrected chi connectivity index (χ1v) is 7.40. The van der Waals surface area contributed by atoms with Crippen LogP contribution in [-0.2, 0) is 5.41 Å². The Bertz CT molecular complexity index is 671. The minimum atomic E-state index is -0.999. The van der Waals surface area contributed by atoms with Crippen molar-refractivity contribution in [3.8, 4) is 10.4 Å². The molecule has 0 saturated carbocycles. The van der Waals surface area contributed by atoms with E-state index in [9.17, 15) is 9.90 Å². The molecule has 20 heavy (non-hydrogen) atoms. The molecular formula is C15H16ClNO2S. The van der Waals surface area contributed by atoms with Gasteiger partial charge in [-0.05, 0) is 30.2 Å². The van der Waals surface area contributed by atoms with Gasteiger partial charge >= 0.3 is 5.97 Å². The van der Waals surface area contributed by atoms with Gasteiger partial charge in [0.15, 0.2) is 5.69 Å². The van der Waals surface area contributed by atoms with Crippen LogP contribution < -0.4 is 0 Å². The molecule has 0 saturated heterocycles. The average Bonchev–Trinajstić information content (AvgIpc) is 2.73. The Morgan fingerprint density at radius 2 is 2.00 bits per heavy atom. The monoisotopic (exact) mass is 309 g/mol. The van der Waals surface area contributed by atoms with Crippen molar-refractivity contribution in [1.82, 2.24) is 4.98 Å². The number of carbonyl (C=O) groups is 1. The summed E-state index contributed by atoms with van der Waals surface area (Å²) < 4.78 is 0. The smallest absolute Gasteiger partial charge is 0.356 e. The van der Waals surface area contributed by atoms with Gasteiger partial charge in [0.2, 0.25) is 0 Å². The number of aromatic nitrogens is 1. The number of aromatic carboxylic acids is 1. The van der Waals surface area contributed by atoms with Crippen LogP contribution in [0.2, 0.25) is 5.02 Å². The largest absolute Gasteiger partial charge is 0.476 e. The fourth-order valence-electron chi connectivity index (χ4n) is 1.85. The highest BCUT2D eigenvalue weighted by Crippen LogP contribution is 2.37. The molecule has 0 atom stereocenters. The molecule has 106 valence electrons. The molecule has 1 aromatic carbocycles. The number of hydrogen-bond donors (Lipinski definition) is 1. The van der Waals surface area contributed by atoms with Crippen LogP contribution in [0.5, 0.6) is 0 Å². The van der Waals surface area contributed by atoms with Gasteiger partial charge in [0.05, 0.1) is 9.88 Å². The molecule has 1 heterocycles. The number of benzene rings is 1. The number of thiazole rings is 1. The molecular weight excluding hydrogens is 294 g/mol. The van der Waals surface area contributed by atoms with Crippen molar-refractivity contribution in [2.24, 2.45) is 0 Å². The molecule has 2 aromatic rings. The Balaban J connectivity index is 2.66. The summed E-state index contributed by atoms with van der Waals surface area (Å²) in [7, 11) is 0. The molecule has 0 aliphatic heterocycles. The Labute approximate surface area is 127 Å². The lowest BCUT2D eigenvalue weighted by atomic mass is 9.98. The molecule has 1 aromatic heterocycles. The third kappa shape index (κ3) is 2.86. The van der Waals surface area contributed by atoms with Crippen molar-refractivity contribution < 1.29 is 9.90 Å². The lowest BCUT2D eigenvalue weighted by molar-refractivity contribution is 0.0692. The minimum absolute atomic E-state index is 0.116. The van der Waals surface area contributed by atoms with Crippen molar-refractivity contribution >= 4 is 28.9 Å². The van der Waals surface area contributed by atoms with Crippen LogP contribution in [0.15, 0.2) is 18.2 Å². The van der Waals surface area contributed by atoms with E-state index < -0.39 is 5.97 Å². The Hall–Kier alpha value is -1.39. The summed E-state index contributed by atoms with van der Waals surface area (Å²) in [6.07, 6.45) is 0. The Kier molecular flexibility index (Phi) is 3.89. The highest BCUT2D eigenvalue weighted by atomic mass is 35.5. The third-order valence-corrected chi connectivity index (χ3v) is 4.65. The van der Waals surface area contributed by atoms with Crippen molar-refractivity contribution in [2.45, 2.75) is 33.1 Å². The number of halogens is 1. The topological polar surface area (TPSA) is 50.2 Å². The predicted octanol–water partition coefficient (Wildman–Crippen LogP) is 4.77. The Morgan fingerprint density at radius 3 is 2.50 bits per heavy atom. The number of nitrogens with zero attached hydrogens (tertiary/aromatic N) is 1. The van der Waals surface area contributed by atoms with Gasteiger partial charge in [-0.1, -0.05) is 38.4 Å². The van der Waals surface area contributed by atoms with Crippen molar-refractivity contribution in [1.29, 1.82) is 0 Å². The number of hydrogen-bond acceptors (Lipinski definition) is 3. The van der Waals surface area contributed by atoms with Crippen LogP contribution in [0.1, 0.15) is 41.8 Å². The molecule has 5 heteroatoms. The maximum atomic E-state index is 11.4. The van der Waals surface area contributed by atoms with Crippen LogP contribution >= 0.6 is 22.9 Å². The van der Waals surface area contributed by atoms with Crippen LogP contribution in [0.25, 0.3) is 10.4 Å². The van der Waals surface area contributed by atoms with E-state index in [-0.39, 0.29) is 11.1 Å². The summed E-state index contributed by atoms with van der Waals surface area (Å²) in [6, 6.07) is 5.45. The summed E-state index contributed by atoms with van der Waals surface area (Å²) in [5, 5.41) is 10.8. The van der Waals surface area contributed by atoms with E-state index in [0.717, 1.165) is 16.1 Å². The number of rotatable bonds is 2. The molecule has 0 aliphatic carbocycles. The molecule has 0 unspecified atom stereocenters. The zero-order valence-corrected chi connectivity index (χ0v) is 13.4. The maximum Gasteiger partial charge on any atom is 0.356 e. The SMILES string of the molecule is Cc1cc(Cl)ccc1-c1sc(C(C)(C)C)nc1C(=O)O. The molecule has 0 radical (unpaired) electrons. The van der Waals surface area contributed by atoms with Gasteiger partial charge in [-0.3, -0.25) is 0 Å². The molecule has 2 rings (SSSR count). The van der Waals surface area contributed by atoms with E-state index in [1.165, 1.54) is 11.3 Å². The third-order valence-electron chi connectivity index (χ3n) is 2.90. The zero-order valence-electron chi connectivity index (χ0n) is 11.8. The van der Waals surface area contributed by atoms with Gasteiger partial charge in [-0.15, -0.1) is 11.3 Å². The summed E-state index contributed by atoms with van der Waals surface area (Å²) >= 11 is 7.39. The molecule has 3 nitrogen and oxygen atoms in total. The Morgan fingerprint density at radius 1 is 1.35 bits per heavy atom. The van der Waals surface area contributed by atoms with E-state index in [0.29, 0.717) is 9.90 Å². The first-order chi connectivity index (χ1) is 9.20. The quantitative estimate of drug-likeness (QED) is 0.869. The van der Waals surface area contributed by atoms with Crippen LogP contribution in [0, 0.1) is 6.92 Å². The standard InChI is InChI=1S/C15H16ClNO2S/c1-8-7-9(16)5-6-10(8)12-11(13(18)19)17-14(20-12)15(2,3)4/h5-7H,1-4H3,(H,18,19). The van der Waals surface area contributed by atoms with E-state index >= 15 is 0 Å². The molecule has 0 aliphatic rings. The number of carboxylic acid groups (broad SMARTS) is 1. The summed E-state index contributed by atoms with van der Waals surface area (Å²) in [4.78, 5) is 16.4. The van der Waals surface area contributed by atoms with Gasteiger partial charge in [-0.2, -0.15) is 0 Å². The van der Waals surface area contributed by atoms with E-state index in [1.807, 2.05) is 39.8 Å². The lowest BCUT2D eigenvalue weighted by Gasteiger charge is -2.13. The second-order valence-electron chi connectivity index (χ2n) is 5.71. The normalized spacial score (nSPS) is 11.7. The fourth-order valence-corrected chi connectivity index (χ4v) is 3.28. The molecule has 1 N–H and O–H groups in total. The number of carboxylic acids is 1. The average molecular weight is 310 g/mol. The van der Waals surface area contributed by atoms with Crippen LogP contribution in [-0.4, -0.2) is 16.1 Å². The lowest BCUT2D eigenvalue weighted by Crippen LogP contribution is -2.11. The van der Waals surface area contributed by atoms with Crippen molar-refractivity contribution in [3.63, 3.8) is 0 Å². The van der Waals surface area contributed by atoms with Gasteiger partial charge < -0.3 is 5.11 Å². The molecule has 0 fully saturated rings. The first-order valence-electron chi connectivity index (χ1n) is 6.21. The number of aryl methyl sites for hydroxylation is 1. The summed E-state index contributed by atoms with van der Waals surface area (Å²) in [6.45, 7) is 7.99. The van der Waals surface area contributed by atoms with Gasteiger partial charge in [-0.25, -0.2) is 9.78 Å². The van der Waals surface area contributed by atoms with Crippen molar-refractivity contribution in [2.75, 3.05) is 0 Å².